The maximum Gasteiger partial charge on any atom is 0.229 e. The summed E-state index contributed by atoms with van der Waals surface area (Å²) in [5.74, 6) is 0.473. The largest absolute Gasteiger partial charge is 0.384 e. The summed E-state index contributed by atoms with van der Waals surface area (Å²) in [6.07, 6.45) is 2.80. The highest BCUT2D eigenvalue weighted by atomic mass is 16.5. The third-order valence-corrected chi connectivity index (χ3v) is 3.28. The third-order valence-electron chi connectivity index (χ3n) is 3.28. The number of rotatable bonds is 5. The van der Waals surface area contributed by atoms with Gasteiger partial charge in [-0.25, -0.2) is 0 Å². The van der Waals surface area contributed by atoms with Gasteiger partial charge in [-0.2, -0.15) is 4.98 Å². The van der Waals surface area contributed by atoms with Crippen LogP contribution in [-0.4, -0.2) is 42.9 Å². The van der Waals surface area contributed by atoms with Crippen molar-refractivity contribution in [1.29, 1.82) is 0 Å². The number of carbonyl (C=O) groups is 1. The molecule has 18 heavy (non-hydrogen) atoms. The van der Waals surface area contributed by atoms with E-state index in [1.807, 2.05) is 0 Å². The Kier molecular flexibility index (Phi) is 4.27. The van der Waals surface area contributed by atoms with Gasteiger partial charge in [-0.05, 0) is 25.9 Å². The Morgan fingerprint density at radius 2 is 2.39 bits per heavy atom. The van der Waals surface area contributed by atoms with E-state index in [4.69, 9.17) is 4.74 Å². The van der Waals surface area contributed by atoms with Crippen molar-refractivity contribution in [2.75, 3.05) is 26.8 Å². The molecule has 100 valence electrons. The number of piperidine rings is 1. The van der Waals surface area contributed by atoms with Crippen LogP contribution in [0.15, 0.2) is 10.9 Å². The van der Waals surface area contributed by atoms with E-state index >= 15 is 0 Å². The number of aromatic nitrogens is 2. The minimum Gasteiger partial charge on any atom is -0.384 e. The molecule has 1 amide bonds. The van der Waals surface area contributed by atoms with Gasteiger partial charge in [-0.3, -0.25) is 4.79 Å². The van der Waals surface area contributed by atoms with Crippen LogP contribution in [0.2, 0.25) is 0 Å². The zero-order valence-electron chi connectivity index (χ0n) is 10.4. The standard InChI is InChI=1S/C11H18N4O3/c1-17-7-11(2-4-12-5-3-11)10(16)13-6-9-14-8-18-15-9/h8,12H,2-7H2,1H3,(H,13,16). The zero-order valence-corrected chi connectivity index (χ0v) is 10.4. The molecule has 1 saturated heterocycles. The van der Waals surface area contributed by atoms with Crippen LogP contribution in [0, 0.1) is 5.41 Å². The average Bonchev–Trinajstić information content (AvgIpc) is 2.90. The quantitative estimate of drug-likeness (QED) is 0.750. The number of ether oxygens (including phenoxy) is 1. The van der Waals surface area contributed by atoms with Crippen LogP contribution < -0.4 is 10.6 Å². The van der Waals surface area contributed by atoms with Gasteiger partial charge in [-0.15, -0.1) is 0 Å². The maximum atomic E-state index is 12.3. The molecule has 0 aliphatic carbocycles. The first-order chi connectivity index (χ1) is 8.77. The van der Waals surface area contributed by atoms with E-state index in [2.05, 4.69) is 25.3 Å². The van der Waals surface area contributed by atoms with Crippen molar-refractivity contribution in [3.8, 4) is 0 Å². The second-order valence-electron chi connectivity index (χ2n) is 4.49. The summed E-state index contributed by atoms with van der Waals surface area (Å²) in [6.45, 7) is 2.39. The van der Waals surface area contributed by atoms with E-state index in [-0.39, 0.29) is 12.5 Å². The van der Waals surface area contributed by atoms with Gasteiger partial charge in [-0.1, -0.05) is 5.16 Å². The van der Waals surface area contributed by atoms with Crippen molar-refractivity contribution in [1.82, 2.24) is 20.8 Å². The summed E-state index contributed by atoms with van der Waals surface area (Å²) < 4.78 is 9.82. The fourth-order valence-electron chi connectivity index (χ4n) is 2.24. The summed E-state index contributed by atoms with van der Waals surface area (Å²) in [4.78, 5) is 16.2. The van der Waals surface area contributed by atoms with Crippen LogP contribution in [0.4, 0.5) is 0 Å². The number of carbonyl (C=O) groups excluding carboxylic acids is 1. The first-order valence-corrected chi connectivity index (χ1v) is 6.00. The van der Waals surface area contributed by atoms with Gasteiger partial charge in [0.1, 0.15) is 0 Å². The number of hydrogen-bond acceptors (Lipinski definition) is 6. The van der Waals surface area contributed by atoms with Crippen molar-refractivity contribution in [3.05, 3.63) is 12.2 Å². The molecule has 2 N–H and O–H groups in total. The lowest BCUT2D eigenvalue weighted by molar-refractivity contribution is -0.136. The number of nitrogens with zero attached hydrogens (tertiary/aromatic N) is 2. The van der Waals surface area contributed by atoms with Crippen LogP contribution in [0.5, 0.6) is 0 Å². The van der Waals surface area contributed by atoms with Crippen molar-refractivity contribution in [3.63, 3.8) is 0 Å². The molecule has 1 aromatic rings. The molecule has 2 heterocycles. The number of hydrogen-bond donors (Lipinski definition) is 2. The Hall–Kier alpha value is -1.47. The number of amides is 1. The predicted molar refractivity (Wildman–Crippen MR) is 62.6 cm³/mol. The van der Waals surface area contributed by atoms with Gasteiger partial charge >= 0.3 is 0 Å². The molecule has 0 saturated carbocycles. The minimum absolute atomic E-state index is 0.00403. The highest BCUT2D eigenvalue weighted by molar-refractivity contribution is 5.82. The normalized spacial score (nSPS) is 18.5. The molecule has 7 heteroatoms. The molecule has 0 bridgehead atoms. The predicted octanol–water partition coefficient (Wildman–Crippen LogP) is -0.298. The average molecular weight is 254 g/mol. The number of nitrogens with one attached hydrogen (secondary N) is 2. The SMILES string of the molecule is COCC1(C(=O)NCc2ncon2)CCNCC1. The van der Waals surface area contributed by atoms with E-state index in [0.29, 0.717) is 12.4 Å². The Morgan fingerprint density at radius 1 is 1.61 bits per heavy atom. The van der Waals surface area contributed by atoms with E-state index in [1.54, 1.807) is 7.11 Å². The van der Waals surface area contributed by atoms with Crippen molar-refractivity contribution >= 4 is 5.91 Å². The molecule has 0 radical (unpaired) electrons. The molecule has 0 spiro atoms. The van der Waals surface area contributed by atoms with Crippen LogP contribution in [0.3, 0.4) is 0 Å². The molecule has 0 atom stereocenters. The first kappa shape index (κ1) is 13.0. The smallest absolute Gasteiger partial charge is 0.229 e. The second-order valence-corrected chi connectivity index (χ2v) is 4.49. The lowest BCUT2D eigenvalue weighted by Crippen LogP contribution is -2.50. The van der Waals surface area contributed by atoms with Crippen LogP contribution >= 0.6 is 0 Å². The highest BCUT2D eigenvalue weighted by Crippen LogP contribution is 2.29. The van der Waals surface area contributed by atoms with Crippen molar-refractivity contribution < 1.29 is 14.1 Å². The van der Waals surface area contributed by atoms with Gasteiger partial charge in [0, 0.05) is 7.11 Å². The molecule has 1 aliphatic heterocycles. The zero-order chi connectivity index (χ0) is 12.8. The Morgan fingerprint density at radius 3 is 3.00 bits per heavy atom. The fraction of sp³-hybridized carbons (Fsp3) is 0.727. The first-order valence-electron chi connectivity index (χ1n) is 6.00. The molecule has 7 nitrogen and oxygen atoms in total. The number of methoxy groups -OCH3 is 1. The Balaban J connectivity index is 1.95. The van der Waals surface area contributed by atoms with Gasteiger partial charge in [0.2, 0.25) is 12.3 Å². The maximum absolute atomic E-state index is 12.3. The van der Waals surface area contributed by atoms with Crippen molar-refractivity contribution in [2.24, 2.45) is 5.41 Å². The van der Waals surface area contributed by atoms with Gasteiger partial charge < -0.3 is 19.9 Å². The topological polar surface area (TPSA) is 89.3 Å². The van der Waals surface area contributed by atoms with Crippen molar-refractivity contribution in [2.45, 2.75) is 19.4 Å². The monoisotopic (exact) mass is 254 g/mol. The summed E-state index contributed by atoms with van der Waals surface area (Å²) in [5.41, 5.74) is -0.441. The molecule has 1 aromatic heterocycles. The molecule has 2 rings (SSSR count). The van der Waals surface area contributed by atoms with E-state index < -0.39 is 5.41 Å². The van der Waals surface area contributed by atoms with Gasteiger partial charge in [0.15, 0.2) is 5.82 Å². The lowest BCUT2D eigenvalue weighted by Gasteiger charge is -2.35. The Bertz CT molecular complexity index is 368. The van der Waals surface area contributed by atoms with E-state index in [1.165, 1.54) is 6.39 Å². The van der Waals surface area contributed by atoms with E-state index in [9.17, 15) is 4.79 Å². The molecule has 1 aliphatic rings. The third kappa shape index (κ3) is 2.85. The van der Waals surface area contributed by atoms with Crippen LogP contribution in [-0.2, 0) is 16.1 Å². The molecule has 1 fully saturated rings. The van der Waals surface area contributed by atoms with Crippen LogP contribution in [0.1, 0.15) is 18.7 Å². The summed E-state index contributed by atoms with van der Waals surface area (Å²) in [5, 5.41) is 9.75. The molecular weight excluding hydrogens is 236 g/mol. The molecule has 0 aromatic carbocycles. The van der Waals surface area contributed by atoms with Crippen LogP contribution in [0.25, 0.3) is 0 Å². The van der Waals surface area contributed by atoms with E-state index in [0.717, 1.165) is 25.9 Å². The molecule has 0 unspecified atom stereocenters. The summed E-state index contributed by atoms with van der Waals surface area (Å²) in [7, 11) is 1.62. The van der Waals surface area contributed by atoms with Gasteiger partial charge in [0.25, 0.3) is 0 Å². The lowest BCUT2D eigenvalue weighted by atomic mass is 9.78. The summed E-state index contributed by atoms with van der Waals surface area (Å²) >= 11 is 0. The van der Waals surface area contributed by atoms with Gasteiger partial charge in [0.05, 0.1) is 18.6 Å². The second kappa shape index (κ2) is 5.92. The fourth-order valence-corrected chi connectivity index (χ4v) is 2.24. The Labute approximate surface area is 105 Å². The summed E-state index contributed by atoms with van der Waals surface area (Å²) in [6, 6.07) is 0. The minimum atomic E-state index is -0.441. The molecular formula is C11H18N4O3. The highest BCUT2D eigenvalue weighted by Gasteiger charge is 2.39.